The summed E-state index contributed by atoms with van der Waals surface area (Å²) in [6, 6.07) is 14.5. The fraction of sp³-hybridized carbons (Fsp3) is 0.0952. The van der Waals surface area contributed by atoms with Crippen LogP contribution in [-0.4, -0.2) is 10.5 Å². The minimum absolute atomic E-state index is 0.385. The summed E-state index contributed by atoms with van der Waals surface area (Å²) in [5.41, 5.74) is 4.46. The van der Waals surface area contributed by atoms with Gasteiger partial charge in [0.15, 0.2) is 0 Å². The van der Waals surface area contributed by atoms with E-state index in [2.05, 4.69) is 0 Å². The van der Waals surface area contributed by atoms with Gasteiger partial charge in [-0.3, -0.25) is 19.0 Å². The van der Waals surface area contributed by atoms with E-state index < -0.39 is 23.1 Å². The second-order valence-corrected chi connectivity index (χ2v) is 6.65. The van der Waals surface area contributed by atoms with Crippen molar-refractivity contribution in [2.45, 2.75) is 13.0 Å². The molecule has 126 valence electrons. The molecule has 0 saturated carbocycles. The number of nitrogens with zero attached hydrogens (tertiary/aromatic N) is 1. The number of carbonyl (C=O) groups is 1. The lowest BCUT2D eigenvalue weighted by Gasteiger charge is -2.13. The molecule has 6 rings (SSSR count). The van der Waals surface area contributed by atoms with Crippen molar-refractivity contribution in [3.63, 3.8) is 0 Å². The molecule has 0 fully saturated rings. The molecule has 0 aliphatic heterocycles. The van der Waals surface area contributed by atoms with Crippen LogP contribution >= 0.6 is 0 Å². The van der Waals surface area contributed by atoms with Crippen LogP contribution in [-0.2, 0) is 4.79 Å². The van der Waals surface area contributed by atoms with Gasteiger partial charge in [0, 0.05) is 10.8 Å². The molecule has 0 spiro atoms. The molecule has 0 radical (unpaired) electrons. The normalized spacial score (nSPS) is 13.3. The number of primary amides is 1. The van der Waals surface area contributed by atoms with Gasteiger partial charge < -0.3 is 5.73 Å². The Morgan fingerprint density at radius 1 is 0.769 bits per heavy atom. The Hall–Kier alpha value is -3.47. The van der Waals surface area contributed by atoms with Gasteiger partial charge >= 0.3 is 0 Å². The van der Waals surface area contributed by atoms with Crippen LogP contribution in [0.3, 0.4) is 0 Å². The highest BCUT2D eigenvalue weighted by Gasteiger charge is 2.27. The maximum absolute atomic E-state index is 13.1. The van der Waals surface area contributed by atoms with Crippen LogP contribution in [0.15, 0.2) is 58.1 Å². The van der Waals surface area contributed by atoms with Crippen molar-refractivity contribution in [2.75, 3.05) is 0 Å². The standard InChI is InChI=1S/C21H14N2O3/c1-10(19(22)24)23-20(25)17-15-11-6-2-3-7-12(11)16(18(17)21(23)26)14-9-5-4-8-13(14)15/h2-10H,1H3,(H2,22,24). The molecular weight excluding hydrogens is 328 g/mol. The van der Waals surface area contributed by atoms with Gasteiger partial charge in [0.1, 0.15) is 6.04 Å². The van der Waals surface area contributed by atoms with E-state index in [4.69, 9.17) is 5.73 Å². The smallest absolute Gasteiger partial charge is 0.262 e. The molecular formula is C21H14N2O3. The van der Waals surface area contributed by atoms with Crippen molar-refractivity contribution in [2.24, 2.45) is 5.73 Å². The third kappa shape index (κ3) is 1.57. The minimum Gasteiger partial charge on any atom is -0.368 e. The Morgan fingerprint density at radius 2 is 1.12 bits per heavy atom. The molecule has 1 atom stereocenters. The first-order valence-electron chi connectivity index (χ1n) is 8.38. The largest absolute Gasteiger partial charge is 0.368 e. The fourth-order valence-corrected chi connectivity index (χ4v) is 4.16. The van der Waals surface area contributed by atoms with Crippen LogP contribution in [0.25, 0.3) is 43.1 Å². The highest BCUT2D eigenvalue weighted by molar-refractivity contribution is 6.40. The number of nitrogens with two attached hydrogens (primary N) is 1. The van der Waals surface area contributed by atoms with E-state index in [1.54, 1.807) is 0 Å². The van der Waals surface area contributed by atoms with E-state index in [1.807, 2.05) is 48.5 Å². The molecule has 5 nitrogen and oxygen atoms in total. The maximum atomic E-state index is 13.1. The summed E-state index contributed by atoms with van der Waals surface area (Å²) < 4.78 is 0.991. The molecule has 6 aromatic rings. The molecule has 5 heteroatoms. The highest BCUT2D eigenvalue weighted by Crippen LogP contribution is 2.42. The van der Waals surface area contributed by atoms with Gasteiger partial charge in [-0.2, -0.15) is 0 Å². The maximum Gasteiger partial charge on any atom is 0.262 e. The van der Waals surface area contributed by atoms with Crippen molar-refractivity contribution in [3.8, 4) is 0 Å². The minimum atomic E-state index is -0.993. The van der Waals surface area contributed by atoms with Crippen molar-refractivity contribution >= 4 is 49.0 Å². The summed E-state index contributed by atoms with van der Waals surface area (Å²) in [6.07, 6.45) is 0. The summed E-state index contributed by atoms with van der Waals surface area (Å²) in [6.45, 7) is 1.48. The summed E-state index contributed by atoms with van der Waals surface area (Å²) in [5, 5.41) is 6.05. The third-order valence-electron chi connectivity index (χ3n) is 5.35. The first-order chi connectivity index (χ1) is 12.5. The average Bonchev–Trinajstić information content (AvgIpc) is 2.92. The predicted molar refractivity (Wildman–Crippen MR) is 103 cm³/mol. The molecule has 1 amide bonds. The monoisotopic (exact) mass is 342 g/mol. The molecule has 0 aliphatic carbocycles. The van der Waals surface area contributed by atoms with Crippen LogP contribution in [0.5, 0.6) is 0 Å². The van der Waals surface area contributed by atoms with Crippen LogP contribution < -0.4 is 16.9 Å². The number of carbonyl (C=O) groups excluding carboxylic acids is 1. The van der Waals surface area contributed by atoms with Gasteiger partial charge in [-0.25, -0.2) is 0 Å². The third-order valence-corrected chi connectivity index (χ3v) is 5.35. The Kier molecular flexibility index (Phi) is 2.73. The quantitative estimate of drug-likeness (QED) is 0.501. The second kappa shape index (κ2) is 4.79. The molecule has 2 bridgehead atoms. The lowest BCUT2D eigenvalue weighted by Crippen LogP contribution is -2.36. The zero-order valence-electron chi connectivity index (χ0n) is 13.9. The SMILES string of the molecule is CC(C(N)=O)n1c(=O)c2c(c1=O)c1c3ccccc3c2c2ccccc21. The molecule has 0 saturated heterocycles. The molecule has 1 heterocycles. The Morgan fingerprint density at radius 3 is 1.42 bits per heavy atom. The van der Waals surface area contributed by atoms with Crippen molar-refractivity contribution in [1.29, 1.82) is 0 Å². The lowest BCUT2D eigenvalue weighted by molar-refractivity contribution is -0.120. The molecule has 1 unspecified atom stereocenters. The Balaban J connectivity index is 2.21. The van der Waals surface area contributed by atoms with Crippen molar-refractivity contribution in [3.05, 3.63) is 69.2 Å². The molecule has 2 N–H and O–H groups in total. The van der Waals surface area contributed by atoms with E-state index in [0.717, 1.165) is 36.9 Å². The fourth-order valence-electron chi connectivity index (χ4n) is 4.16. The van der Waals surface area contributed by atoms with Gasteiger partial charge in [0.2, 0.25) is 5.91 Å². The van der Waals surface area contributed by atoms with Gasteiger partial charge in [0.25, 0.3) is 11.1 Å². The molecule has 5 aromatic carbocycles. The van der Waals surface area contributed by atoms with E-state index in [9.17, 15) is 14.4 Å². The number of amides is 1. The zero-order chi connectivity index (χ0) is 18.2. The summed E-state index contributed by atoms with van der Waals surface area (Å²) in [7, 11) is 0. The Bertz CT molecular complexity index is 1310. The molecule has 26 heavy (non-hydrogen) atoms. The molecule has 1 aromatic heterocycles. The summed E-state index contributed by atoms with van der Waals surface area (Å²) in [5.74, 6) is -0.705. The lowest BCUT2D eigenvalue weighted by atomic mass is 9.88. The number of hydrogen-bond acceptors (Lipinski definition) is 3. The van der Waals surface area contributed by atoms with Crippen LogP contribution in [0.2, 0.25) is 0 Å². The highest BCUT2D eigenvalue weighted by atomic mass is 16.2. The molecule has 0 aliphatic rings. The number of aromatic nitrogens is 1. The second-order valence-electron chi connectivity index (χ2n) is 6.65. The van der Waals surface area contributed by atoms with Gasteiger partial charge in [-0.15, -0.1) is 0 Å². The average molecular weight is 342 g/mol. The van der Waals surface area contributed by atoms with E-state index in [0.29, 0.717) is 10.8 Å². The summed E-state index contributed by atoms with van der Waals surface area (Å²) in [4.78, 5) is 37.9. The van der Waals surface area contributed by atoms with E-state index >= 15 is 0 Å². The van der Waals surface area contributed by atoms with Crippen molar-refractivity contribution in [1.82, 2.24) is 4.57 Å². The van der Waals surface area contributed by atoms with Gasteiger partial charge in [-0.1, -0.05) is 48.5 Å². The van der Waals surface area contributed by atoms with Crippen LogP contribution in [0.1, 0.15) is 13.0 Å². The van der Waals surface area contributed by atoms with E-state index in [1.165, 1.54) is 6.92 Å². The first-order valence-corrected chi connectivity index (χ1v) is 8.38. The number of rotatable bonds is 2. The Labute approximate surface area is 146 Å². The number of benzene rings is 5. The van der Waals surface area contributed by atoms with Crippen LogP contribution in [0.4, 0.5) is 0 Å². The van der Waals surface area contributed by atoms with Crippen LogP contribution in [0, 0.1) is 0 Å². The van der Waals surface area contributed by atoms with Gasteiger partial charge in [-0.05, 0) is 28.5 Å². The predicted octanol–water partition coefficient (Wildman–Crippen LogP) is 2.74. The first kappa shape index (κ1) is 14.8. The van der Waals surface area contributed by atoms with Gasteiger partial charge in [0.05, 0.1) is 10.8 Å². The zero-order valence-corrected chi connectivity index (χ0v) is 13.9. The topological polar surface area (TPSA) is 82.2 Å². The summed E-state index contributed by atoms with van der Waals surface area (Å²) >= 11 is 0. The van der Waals surface area contributed by atoms with Crippen molar-refractivity contribution < 1.29 is 4.79 Å². The van der Waals surface area contributed by atoms with E-state index in [-0.39, 0.29) is 0 Å². The number of hydrogen-bond donors (Lipinski definition) is 1.